The highest BCUT2D eigenvalue weighted by Gasteiger charge is 2.08. The molecule has 0 aliphatic rings. The first-order valence-corrected chi connectivity index (χ1v) is 6.45. The number of anilines is 1. The molecule has 1 atom stereocenters. The molecule has 4 N–H and O–H groups in total. The molecule has 1 aromatic carbocycles. The van der Waals surface area contributed by atoms with Gasteiger partial charge < -0.3 is 16.4 Å². The lowest BCUT2D eigenvalue weighted by atomic mass is 10.1. The first-order chi connectivity index (χ1) is 9.06. The van der Waals surface area contributed by atoms with Crippen molar-refractivity contribution in [1.82, 2.24) is 5.32 Å². The van der Waals surface area contributed by atoms with Crippen LogP contribution in [-0.2, 0) is 4.79 Å². The molecule has 19 heavy (non-hydrogen) atoms. The number of nitrogens with one attached hydrogen (secondary N) is 2. The van der Waals surface area contributed by atoms with Crippen molar-refractivity contribution in [2.75, 3.05) is 18.4 Å². The minimum atomic E-state index is -0.114. The zero-order valence-corrected chi connectivity index (χ0v) is 11.4. The van der Waals surface area contributed by atoms with Gasteiger partial charge in [-0.25, -0.2) is 0 Å². The Kier molecular flexibility index (Phi) is 6.02. The number of rotatable bonds is 6. The Bertz CT molecular complexity index is 429. The number of carbonyl (C=O) groups excluding carboxylic acids is 2. The molecule has 0 fully saturated rings. The first kappa shape index (κ1) is 15.2. The second-order valence-electron chi connectivity index (χ2n) is 4.53. The van der Waals surface area contributed by atoms with Crippen molar-refractivity contribution < 1.29 is 9.59 Å². The minimum absolute atomic E-state index is 0.0660. The summed E-state index contributed by atoms with van der Waals surface area (Å²) in [5.74, 6) is -0.0181. The van der Waals surface area contributed by atoms with Crippen LogP contribution in [0.25, 0.3) is 0 Å². The number of hydrogen-bond acceptors (Lipinski definition) is 3. The second kappa shape index (κ2) is 7.53. The molecule has 0 saturated carbocycles. The molecule has 1 rings (SSSR count). The number of nitrogens with two attached hydrogens (primary N) is 1. The fraction of sp³-hybridized carbons (Fsp3) is 0.429. The van der Waals surface area contributed by atoms with E-state index < -0.39 is 0 Å². The average molecular weight is 263 g/mol. The van der Waals surface area contributed by atoms with Gasteiger partial charge in [0.2, 0.25) is 5.91 Å². The highest BCUT2D eigenvalue weighted by molar-refractivity contribution is 5.95. The highest BCUT2D eigenvalue weighted by Crippen LogP contribution is 2.11. The van der Waals surface area contributed by atoms with Crippen molar-refractivity contribution >= 4 is 17.5 Å². The summed E-state index contributed by atoms with van der Waals surface area (Å²) in [5.41, 5.74) is 6.73. The molecule has 0 heterocycles. The molecular formula is C14H21N3O2. The third-order valence-corrected chi connectivity index (χ3v) is 2.70. The van der Waals surface area contributed by atoms with Crippen molar-refractivity contribution in [1.29, 1.82) is 0 Å². The molecule has 0 spiro atoms. The summed E-state index contributed by atoms with van der Waals surface area (Å²) in [6.07, 6.45) is 0.397. The number of hydrogen-bond donors (Lipinski definition) is 3. The molecule has 0 bridgehead atoms. The van der Waals surface area contributed by atoms with Crippen LogP contribution in [-0.4, -0.2) is 24.9 Å². The quantitative estimate of drug-likeness (QED) is 0.724. The monoisotopic (exact) mass is 263 g/mol. The molecule has 1 aromatic rings. The van der Waals surface area contributed by atoms with Gasteiger partial charge in [-0.3, -0.25) is 9.59 Å². The lowest BCUT2D eigenvalue weighted by molar-refractivity contribution is -0.116. The Hall–Kier alpha value is -1.88. The van der Waals surface area contributed by atoms with E-state index in [2.05, 4.69) is 10.6 Å². The van der Waals surface area contributed by atoms with Gasteiger partial charge in [0.15, 0.2) is 0 Å². The van der Waals surface area contributed by atoms with Crippen LogP contribution in [0, 0.1) is 5.92 Å². The standard InChI is InChI=1S/C14H21N3O2/c1-3-16-14(19)11-4-6-12(7-5-11)17-13(18)8-10(2)9-15/h4-7,10H,3,8-9,15H2,1-2H3,(H,16,19)(H,17,18). The normalized spacial score (nSPS) is 11.7. The molecule has 0 saturated heterocycles. The van der Waals surface area contributed by atoms with Crippen molar-refractivity contribution in [2.45, 2.75) is 20.3 Å². The third kappa shape index (κ3) is 5.09. The predicted octanol–water partition coefficient (Wildman–Crippen LogP) is 1.36. The van der Waals surface area contributed by atoms with Crippen LogP contribution in [0.15, 0.2) is 24.3 Å². The average Bonchev–Trinajstić information content (AvgIpc) is 2.39. The van der Waals surface area contributed by atoms with Gasteiger partial charge in [-0.05, 0) is 43.7 Å². The molecule has 1 unspecified atom stereocenters. The lowest BCUT2D eigenvalue weighted by Gasteiger charge is -2.09. The Labute approximate surface area is 113 Å². The van der Waals surface area contributed by atoms with Crippen LogP contribution in [0.4, 0.5) is 5.69 Å². The van der Waals surface area contributed by atoms with Crippen LogP contribution < -0.4 is 16.4 Å². The summed E-state index contributed by atoms with van der Waals surface area (Å²) in [6, 6.07) is 6.81. The van der Waals surface area contributed by atoms with Gasteiger partial charge in [0.05, 0.1) is 0 Å². The van der Waals surface area contributed by atoms with E-state index in [4.69, 9.17) is 5.73 Å². The number of carbonyl (C=O) groups is 2. The van der Waals surface area contributed by atoms with Crippen molar-refractivity contribution in [3.8, 4) is 0 Å². The van der Waals surface area contributed by atoms with E-state index in [-0.39, 0.29) is 17.7 Å². The maximum atomic E-state index is 11.7. The van der Waals surface area contributed by atoms with Crippen molar-refractivity contribution in [3.05, 3.63) is 29.8 Å². The van der Waals surface area contributed by atoms with Crippen LogP contribution in [0.5, 0.6) is 0 Å². The molecule has 0 aromatic heterocycles. The minimum Gasteiger partial charge on any atom is -0.352 e. The fourth-order valence-corrected chi connectivity index (χ4v) is 1.58. The van der Waals surface area contributed by atoms with Gasteiger partial charge in [0.1, 0.15) is 0 Å². The number of benzene rings is 1. The van der Waals surface area contributed by atoms with Crippen LogP contribution in [0.3, 0.4) is 0 Å². The largest absolute Gasteiger partial charge is 0.352 e. The highest BCUT2D eigenvalue weighted by atomic mass is 16.2. The second-order valence-corrected chi connectivity index (χ2v) is 4.53. The molecule has 5 nitrogen and oxygen atoms in total. The SMILES string of the molecule is CCNC(=O)c1ccc(NC(=O)CC(C)CN)cc1. The molecule has 104 valence electrons. The lowest BCUT2D eigenvalue weighted by Crippen LogP contribution is -2.22. The molecule has 5 heteroatoms. The molecule has 0 radical (unpaired) electrons. The Morgan fingerprint density at radius 2 is 1.89 bits per heavy atom. The summed E-state index contributed by atoms with van der Waals surface area (Å²) >= 11 is 0. The van der Waals surface area contributed by atoms with Gasteiger partial charge in [0.25, 0.3) is 5.91 Å². The number of amides is 2. The summed E-state index contributed by atoms with van der Waals surface area (Å²) < 4.78 is 0. The molecule has 0 aliphatic heterocycles. The summed E-state index contributed by atoms with van der Waals surface area (Å²) in [7, 11) is 0. The van der Waals surface area contributed by atoms with E-state index in [0.29, 0.717) is 30.8 Å². The zero-order valence-electron chi connectivity index (χ0n) is 11.4. The van der Waals surface area contributed by atoms with Crippen molar-refractivity contribution in [2.24, 2.45) is 11.7 Å². The summed E-state index contributed by atoms with van der Waals surface area (Å²) in [4.78, 5) is 23.2. The van der Waals surface area contributed by atoms with Crippen LogP contribution in [0.2, 0.25) is 0 Å². The summed E-state index contributed by atoms with van der Waals surface area (Å²) in [5, 5.41) is 5.49. The Balaban J connectivity index is 2.57. The first-order valence-electron chi connectivity index (χ1n) is 6.45. The smallest absolute Gasteiger partial charge is 0.251 e. The van der Waals surface area contributed by atoms with E-state index >= 15 is 0 Å². The Morgan fingerprint density at radius 3 is 2.42 bits per heavy atom. The maximum absolute atomic E-state index is 11.7. The van der Waals surface area contributed by atoms with E-state index in [1.807, 2.05) is 13.8 Å². The fourth-order valence-electron chi connectivity index (χ4n) is 1.58. The van der Waals surface area contributed by atoms with Crippen molar-refractivity contribution in [3.63, 3.8) is 0 Å². The predicted molar refractivity (Wildman–Crippen MR) is 75.9 cm³/mol. The summed E-state index contributed by atoms with van der Waals surface area (Å²) in [6.45, 7) is 4.88. The van der Waals surface area contributed by atoms with Gasteiger partial charge in [0, 0.05) is 24.2 Å². The van der Waals surface area contributed by atoms with Gasteiger partial charge in [-0.2, -0.15) is 0 Å². The van der Waals surface area contributed by atoms with Crippen LogP contribution in [0.1, 0.15) is 30.6 Å². The maximum Gasteiger partial charge on any atom is 0.251 e. The van der Waals surface area contributed by atoms with E-state index in [0.717, 1.165) is 0 Å². The van der Waals surface area contributed by atoms with Gasteiger partial charge in [-0.1, -0.05) is 6.92 Å². The third-order valence-electron chi connectivity index (χ3n) is 2.70. The van der Waals surface area contributed by atoms with E-state index in [1.165, 1.54) is 0 Å². The van der Waals surface area contributed by atoms with Crippen LogP contribution >= 0.6 is 0 Å². The zero-order chi connectivity index (χ0) is 14.3. The van der Waals surface area contributed by atoms with E-state index in [9.17, 15) is 9.59 Å². The Morgan fingerprint density at radius 1 is 1.26 bits per heavy atom. The van der Waals surface area contributed by atoms with E-state index in [1.54, 1.807) is 24.3 Å². The molecular weight excluding hydrogens is 242 g/mol. The van der Waals surface area contributed by atoms with Gasteiger partial charge >= 0.3 is 0 Å². The van der Waals surface area contributed by atoms with Gasteiger partial charge in [-0.15, -0.1) is 0 Å². The molecule has 0 aliphatic carbocycles. The molecule has 2 amide bonds. The topological polar surface area (TPSA) is 84.2 Å².